The minimum absolute atomic E-state index is 0.591. The molecule has 2 atom stereocenters. The molecule has 4 heteroatoms. The van der Waals surface area contributed by atoms with E-state index in [4.69, 9.17) is 5.73 Å². The summed E-state index contributed by atoms with van der Waals surface area (Å²) in [5, 5.41) is 7.80. The molecule has 0 radical (unpaired) electrons. The Bertz CT molecular complexity index is 321. The molecule has 3 N–H and O–H groups in total. The van der Waals surface area contributed by atoms with Crippen molar-refractivity contribution < 1.29 is 0 Å². The molecule has 1 saturated carbocycles. The van der Waals surface area contributed by atoms with Crippen LogP contribution in [-0.2, 0) is 13.6 Å². The number of nitrogens with one attached hydrogen (secondary N) is 1. The van der Waals surface area contributed by atoms with Crippen molar-refractivity contribution in [3.05, 3.63) is 18.0 Å². The Morgan fingerprint density at radius 2 is 2.31 bits per heavy atom. The summed E-state index contributed by atoms with van der Waals surface area (Å²) in [5.74, 6) is 0.655. The van der Waals surface area contributed by atoms with E-state index < -0.39 is 0 Å². The number of hydrogen-bond donors (Lipinski definition) is 2. The molecule has 0 spiro atoms. The monoisotopic (exact) mass is 222 g/mol. The Balaban J connectivity index is 1.86. The van der Waals surface area contributed by atoms with Gasteiger partial charge in [0.1, 0.15) is 0 Å². The van der Waals surface area contributed by atoms with E-state index in [1.807, 2.05) is 17.9 Å². The molecular weight excluding hydrogens is 200 g/mol. The number of rotatable bonds is 4. The van der Waals surface area contributed by atoms with Crippen LogP contribution < -0.4 is 11.1 Å². The zero-order valence-electron chi connectivity index (χ0n) is 10.0. The summed E-state index contributed by atoms with van der Waals surface area (Å²) in [4.78, 5) is 0. The topological polar surface area (TPSA) is 55.9 Å². The van der Waals surface area contributed by atoms with Gasteiger partial charge < -0.3 is 11.1 Å². The molecule has 2 rings (SSSR count). The van der Waals surface area contributed by atoms with Gasteiger partial charge in [-0.05, 0) is 31.4 Å². The average molecular weight is 222 g/mol. The van der Waals surface area contributed by atoms with Gasteiger partial charge in [-0.1, -0.05) is 12.8 Å². The van der Waals surface area contributed by atoms with Crippen LogP contribution >= 0.6 is 0 Å². The second-order valence-electron chi connectivity index (χ2n) is 4.71. The largest absolute Gasteiger partial charge is 0.330 e. The van der Waals surface area contributed by atoms with E-state index in [1.54, 1.807) is 0 Å². The quantitative estimate of drug-likeness (QED) is 0.800. The highest BCUT2D eigenvalue weighted by Gasteiger charge is 2.23. The number of aromatic nitrogens is 2. The number of aryl methyl sites for hydroxylation is 1. The highest BCUT2D eigenvalue weighted by atomic mass is 15.3. The molecule has 1 aromatic heterocycles. The van der Waals surface area contributed by atoms with Gasteiger partial charge in [0.25, 0.3) is 0 Å². The van der Waals surface area contributed by atoms with Gasteiger partial charge in [-0.2, -0.15) is 5.10 Å². The van der Waals surface area contributed by atoms with Crippen molar-refractivity contribution in [3.8, 4) is 0 Å². The SMILES string of the molecule is Cn1nccc1CNC1CCCCC1CN. The first-order valence-electron chi connectivity index (χ1n) is 6.21. The lowest BCUT2D eigenvalue weighted by Crippen LogP contribution is -2.41. The van der Waals surface area contributed by atoms with Gasteiger partial charge in [0.05, 0.1) is 5.69 Å². The first kappa shape index (κ1) is 11.6. The minimum atomic E-state index is 0.591. The van der Waals surface area contributed by atoms with Gasteiger partial charge in [0, 0.05) is 25.8 Å². The van der Waals surface area contributed by atoms with Crippen molar-refractivity contribution in [3.63, 3.8) is 0 Å². The van der Waals surface area contributed by atoms with Crippen LogP contribution in [0.1, 0.15) is 31.4 Å². The van der Waals surface area contributed by atoms with Crippen LogP contribution in [0.2, 0.25) is 0 Å². The lowest BCUT2D eigenvalue weighted by atomic mass is 9.84. The van der Waals surface area contributed by atoms with Crippen molar-refractivity contribution >= 4 is 0 Å². The molecule has 0 aromatic carbocycles. The third kappa shape index (κ3) is 2.62. The predicted octanol–water partition coefficient (Wildman–Crippen LogP) is 1.03. The molecule has 16 heavy (non-hydrogen) atoms. The second-order valence-corrected chi connectivity index (χ2v) is 4.71. The molecule has 0 bridgehead atoms. The summed E-state index contributed by atoms with van der Waals surface area (Å²) in [6, 6.07) is 2.65. The standard InChI is InChI=1S/C12H22N4/c1-16-11(6-7-15-16)9-14-12-5-3-2-4-10(12)8-13/h6-7,10,12,14H,2-5,8-9,13H2,1H3. The lowest BCUT2D eigenvalue weighted by Gasteiger charge is -2.31. The van der Waals surface area contributed by atoms with Crippen LogP contribution in [0, 0.1) is 5.92 Å². The van der Waals surface area contributed by atoms with E-state index in [0.717, 1.165) is 13.1 Å². The first-order chi connectivity index (χ1) is 7.81. The minimum Gasteiger partial charge on any atom is -0.330 e. The molecule has 1 aromatic rings. The molecule has 0 saturated heterocycles. The lowest BCUT2D eigenvalue weighted by molar-refractivity contribution is 0.265. The molecule has 1 aliphatic carbocycles. The smallest absolute Gasteiger partial charge is 0.0518 e. The summed E-state index contributed by atoms with van der Waals surface area (Å²) in [6.45, 7) is 1.71. The number of nitrogens with two attached hydrogens (primary N) is 1. The van der Waals surface area contributed by atoms with Crippen LogP contribution in [0.3, 0.4) is 0 Å². The summed E-state index contributed by atoms with van der Waals surface area (Å²) in [5.41, 5.74) is 7.05. The molecule has 90 valence electrons. The van der Waals surface area contributed by atoms with E-state index in [1.165, 1.54) is 31.4 Å². The van der Waals surface area contributed by atoms with E-state index in [-0.39, 0.29) is 0 Å². The van der Waals surface area contributed by atoms with Crippen molar-refractivity contribution in [1.29, 1.82) is 0 Å². The summed E-state index contributed by atoms with van der Waals surface area (Å²) >= 11 is 0. The fourth-order valence-corrected chi connectivity index (χ4v) is 2.57. The molecule has 0 aliphatic heterocycles. The Morgan fingerprint density at radius 1 is 1.50 bits per heavy atom. The van der Waals surface area contributed by atoms with Crippen LogP contribution in [0.5, 0.6) is 0 Å². The Morgan fingerprint density at radius 3 is 3.00 bits per heavy atom. The fraction of sp³-hybridized carbons (Fsp3) is 0.750. The van der Waals surface area contributed by atoms with Crippen LogP contribution in [-0.4, -0.2) is 22.4 Å². The van der Waals surface area contributed by atoms with Crippen molar-refractivity contribution in [1.82, 2.24) is 15.1 Å². The summed E-state index contributed by atoms with van der Waals surface area (Å²) < 4.78 is 1.92. The maximum absolute atomic E-state index is 5.81. The van der Waals surface area contributed by atoms with Crippen LogP contribution in [0.4, 0.5) is 0 Å². The van der Waals surface area contributed by atoms with E-state index >= 15 is 0 Å². The van der Waals surface area contributed by atoms with Crippen molar-refractivity contribution in [2.75, 3.05) is 6.54 Å². The maximum Gasteiger partial charge on any atom is 0.0518 e. The third-order valence-electron chi connectivity index (χ3n) is 3.68. The van der Waals surface area contributed by atoms with Gasteiger partial charge >= 0.3 is 0 Å². The van der Waals surface area contributed by atoms with Gasteiger partial charge in [-0.25, -0.2) is 0 Å². The van der Waals surface area contributed by atoms with E-state index in [0.29, 0.717) is 12.0 Å². The van der Waals surface area contributed by atoms with Gasteiger partial charge in [0.2, 0.25) is 0 Å². The normalized spacial score (nSPS) is 25.9. The predicted molar refractivity (Wildman–Crippen MR) is 64.8 cm³/mol. The number of hydrogen-bond acceptors (Lipinski definition) is 3. The number of nitrogens with zero attached hydrogens (tertiary/aromatic N) is 2. The zero-order valence-corrected chi connectivity index (χ0v) is 10.0. The average Bonchev–Trinajstić information content (AvgIpc) is 2.72. The highest BCUT2D eigenvalue weighted by molar-refractivity contribution is 5.00. The highest BCUT2D eigenvalue weighted by Crippen LogP contribution is 2.23. The van der Waals surface area contributed by atoms with Crippen molar-refractivity contribution in [2.45, 2.75) is 38.3 Å². The molecule has 1 aliphatic rings. The Labute approximate surface area is 97.2 Å². The van der Waals surface area contributed by atoms with Gasteiger partial charge in [-0.15, -0.1) is 0 Å². The molecule has 0 amide bonds. The van der Waals surface area contributed by atoms with Gasteiger partial charge in [-0.3, -0.25) is 4.68 Å². The molecular formula is C12H22N4. The zero-order chi connectivity index (χ0) is 11.4. The van der Waals surface area contributed by atoms with Gasteiger partial charge in [0.15, 0.2) is 0 Å². The first-order valence-corrected chi connectivity index (χ1v) is 6.21. The van der Waals surface area contributed by atoms with Crippen LogP contribution in [0.15, 0.2) is 12.3 Å². The Kier molecular flexibility index (Phi) is 3.96. The molecule has 1 fully saturated rings. The summed E-state index contributed by atoms with van der Waals surface area (Å²) in [7, 11) is 1.98. The van der Waals surface area contributed by atoms with E-state index in [2.05, 4.69) is 16.5 Å². The third-order valence-corrected chi connectivity index (χ3v) is 3.68. The maximum atomic E-state index is 5.81. The van der Waals surface area contributed by atoms with Crippen molar-refractivity contribution in [2.24, 2.45) is 18.7 Å². The fourth-order valence-electron chi connectivity index (χ4n) is 2.57. The molecule has 1 heterocycles. The Hall–Kier alpha value is -0.870. The molecule has 4 nitrogen and oxygen atoms in total. The summed E-state index contributed by atoms with van der Waals surface area (Å²) in [6.07, 6.45) is 7.06. The second kappa shape index (κ2) is 5.46. The molecule has 2 unspecified atom stereocenters. The van der Waals surface area contributed by atoms with E-state index in [9.17, 15) is 0 Å². The van der Waals surface area contributed by atoms with Crippen LogP contribution in [0.25, 0.3) is 0 Å².